The Hall–Kier alpha value is -2.39. The predicted octanol–water partition coefficient (Wildman–Crippen LogP) is 1.41. The van der Waals surface area contributed by atoms with Gasteiger partial charge in [-0.05, 0) is 44.4 Å². The molecule has 1 aromatic heterocycles. The van der Waals surface area contributed by atoms with Gasteiger partial charge in [0, 0.05) is 19.5 Å². The number of carbonyl (C=O) groups excluding carboxylic acids is 1. The van der Waals surface area contributed by atoms with Crippen LogP contribution < -0.4 is 10.0 Å². The Morgan fingerprint density at radius 1 is 1.19 bits per heavy atom. The van der Waals surface area contributed by atoms with Gasteiger partial charge in [-0.2, -0.15) is 0 Å². The standard InChI is InChI=1S/C17H23N3O5S/c1-12-17(13(2)25-20-12)26(23,24)19-11-9-16(22)18-10-3-4-14-5-7-15(21)8-6-14/h5-8,19,21H,3-4,9-11H2,1-2H3,(H,18,22). The Labute approximate surface area is 152 Å². The molecule has 0 spiro atoms. The highest BCUT2D eigenvalue weighted by Gasteiger charge is 2.23. The van der Waals surface area contributed by atoms with E-state index in [0.29, 0.717) is 6.54 Å². The summed E-state index contributed by atoms with van der Waals surface area (Å²) in [5.74, 6) is 0.215. The van der Waals surface area contributed by atoms with Gasteiger partial charge in [0.25, 0.3) is 0 Å². The van der Waals surface area contributed by atoms with E-state index in [-0.39, 0.29) is 41.0 Å². The van der Waals surface area contributed by atoms with Crippen molar-refractivity contribution in [1.82, 2.24) is 15.2 Å². The molecule has 142 valence electrons. The number of aryl methyl sites for hydroxylation is 3. The average molecular weight is 381 g/mol. The first-order chi connectivity index (χ1) is 12.3. The van der Waals surface area contributed by atoms with Gasteiger partial charge in [0.15, 0.2) is 5.76 Å². The summed E-state index contributed by atoms with van der Waals surface area (Å²) >= 11 is 0. The van der Waals surface area contributed by atoms with Gasteiger partial charge in [-0.3, -0.25) is 4.79 Å². The van der Waals surface area contributed by atoms with E-state index >= 15 is 0 Å². The second-order valence-corrected chi connectivity index (χ2v) is 7.62. The van der Waals surface area contributed by atoms with Crippen LogP contribution in [-0.4, -0.2) is 37.7 Å². The van der Waals surface area contributed by atoms with Crippen LogP contribution in [0.4, 0.5) is 0 Å². The fraction of sp³-hybridized carbons (Fsp3) is 0.412. The van der Waals surface area contributed by atoms with Crippen molar-refractivity contribution in [3.05, 3.63) is 41.3 Å². The number of nitrogens with zero attached hydrogens (tertiary/aromatic N) is 1. The molecule has 1 amide bonds. The minimum absolute atomic E-state index is 0.00378. The van der Waals surface area contributed by atoms with Crippen molar-refractivity contribution in [1.29, 1.82) is 0 Å². The van der Waals surface area contributed by atoms with Crippen LogP contribution in [-0.2, 0) is 21.2 Å². The van der Waals surface area contributed by atoms with Gasteiger partial charge in [0.1, 0.15) is 16.3 Å². The third-order valence-electron chi connectivity index (χ3n) is 3.78. The first-order valence-electron chi connectivity index (χ1n) is 8.27. The highest BCUT2D eigenvalue weighted by atomic mass is 32.2. The lowest BCUT2D eigenvalue weighted by Crippen LogP contribution is -2.31. The lowest BCUT2D eigenvalue weighted by molar-refractivity contribution is -0.120. The second kappa shape index (κ2) is 8.81. The summed E-state index contributed by atoms with van der Waals surface area (Å²) in [5, 5.41) is 15.6. The summed E-state index contributed by atoms with van der Waals surface area (Å²) in [5.41, 5.74) is 1.36. The molecule has 3 N–H and O–H groups in total. The molecule has 26 heavy (non-hydrogen) atoms. The number of carbonyl (C=O) groups is 1. The Morgan fingerprint density at radius 3 is 2.50 bits per heavy atom. The largest absolute Gasteiger partial charge is 0.508 e. The SMILES string of the molecule is Cc1noc(C)c1S(=O)(=O)NCCC(=O)NCCCc1ccc(O)cc1. The lowest BCUT2D eigenvalue weighted by atomic mass is 10.1. The molecule has 0 unspecified atom stereocenters. The minimum atomic E-state index is -3.75. The van der Waals surface area contributed by atoms with Crippen LogP contribution >= 0.6 is 0 Å². The molecule has 9 heteroatoms. The molecule has 0 aliphatic carbocycles. The normalized spacial score (nSPS) is 11.5. The highest BCUT2D eigenvalue weighted by Crippen LogP contribution is 2.18. The molecule has 2 rings (SSSR count). The van der Waals surface area contributed by atoms with Crippen LogP contribution in [0.3, 0.4) is 0 Å². The minimum Gasteiger partial charge on any atom is -0.508 e. The number of sulfonamides is 1. The Balaban J connectivity index is 1.68. The number of benzene rings is 1. The maximum absolute atomic E-state index is 12.2. The van der Waals surface area contributed by atoms with Crippen LogP contribution in [0.15, 0.2) is 33.7 Å². The van der Waals surface area contributed by atoms with E-state index < -0.39 is 10.0 Å². The zero-order chi connectivity index (χ0) is 19.2. The molecule has 0 bridgehead atoms. The van der Waals surface area contributed by atoms with Crippen LogP contribution in [0.2, 0.25) is 0 Å². The van der Waals surface area contributed by atoms with E-state index in [1.165, 1.54) is 6.92 Å². The molecule has 2 aromatic rings. The second-order valence-electron chi connectivity index (χ2n) is 5.92. The van der Waals surface area contributed by atoms with Crippen molar-refractivity contribution in [2.24, 2.45) is 0 Å². The van der Waals surface area contributed by atoms with Gasteiger partial charge >= 0.3 is 0 Å². The summed E-state index contributed by atoms with van der Waals surface area (Å²) in [6.07, 6.45) is 1.57. The molecule has 0 aliphatic heterocycles. The molecule has 0 fully saturated rings. The van der Waals surface area contributed by atoms with Gasteiger partial charge in [0.2, 0.25) is 15.9 Å². The number of hydrogen-bond donors (Lipinski definition) is 3. The fourth-order valence-electron chi connectivity index (χ4n) is 2.50. The van der Waals surface area contributed by atoms with Crippen molar-refractivity contribution in [3.63, 3.8) is 0 Å². The van der Waals surface area contributed by atoms with Crippen molar-refractivity contribution in [3.8, 4) is 5.75 Å². The van der Waals surface area contributed by atoms with Crippen LogP contribution in [0, 0.1) is 13.8 Å². The summed E-state index contributed by atoms with van der Waals surface area (Å²) in [4.78, 5) is 11.8. The molecular weight excluding hydrogens is 358 g/mol. The monoisotopic (exact) mass is 381 g/mol. The van der Waals surface area contributed by atoms with Crippen LogP contribution in [0.1, 0.15) is 29.9 Å². The summed E-state index contributed by atoms with van der Waals surface area (Å²) in [6, 6.07) is 6.92. The van der Waals surface area contributed by atoms with Gasteiger partial charge in [-0.15, -0.1) is 0 Å². The third kappa shape index (κ3) is 5.57. The van der Waals surface area contributed by atoms with Crippen LogP contribution in [0.5, 0.6) is 5.75 Å². The quantitative estimate of drug-likeness (QED) is 0.565. The van der Waals surface area contributed by atoms with Crippen molar-refractivity contribution in [2.45, 2.75) is 38.0 Å². The Bertz CT molecular complexity index is 824. The van der Waals surface area contributed by atoms with E-state index in [2.05, 4.69) is 15.2 Å². The van der Waals surface area contributed by atoms with E-state index in [0.717, 1.165) is 18.4 Å². The van der Waals surface area contributed by atoms with E-state index in [9.17, 15) is 18.3 Å². The molecule has 1 aromatic carbocycles. The number of nitrogens with one attached hydrogen (secondary N) is 2. The number of rotatable bonds is 9. The molecule has 0 saturated heterocycles. The number of aromatic hydroxyl groups is 1. The Kier molecular flexibility index (Phi) is 6.76. The summed E-state index contributed by atoms with van der Waals surface area (Å²) < 4.78 is 31.6. The van der Waals surface area contributed by atoms with Gasteiger partial charge in [-0.1, -0.05) is 17.3 Å². The first-order valence-corrected chi connectivity index (χ1v) is 9.75. The zero-order valence-corrected chi connectivity index (χ0v) is 15.6. The molecular formula is C17H23N3O5S. The third-order valence-corrected chi connectivity index (χ3v) is 5.49. The fourth-order valence-corrected chi connectivity index (χ4v) is 3.86. The lowest BCUT2D eigenvalue weighted by Gasteiger charge is -2.07. The molecule has 1 heterocycles. The number of phenols is 1. The van der Waals surface area contributed by atoms with Gasteiger partial charge in [-0.25, -0.2) is 13.1 Å². The zero-order valence-electron chi connectivity index (χ0n) is 14.8. The average Bonchev–Trinajstić information content (AvgIpc) is 2.92. The van der Waals surface area contributed by atoms with Crippen molar-refractivity contribution >= 4 is 15.9 Å². The maximum atomic E-state index is 12.2. The van der Waals surface area contributed by atoms with Crippen molar-refractivity contribution in [2.75, 3.05) is 13.1 Å². The van der Waals surface area contributed by atoms with Crippen molar-refractivity contribution < 1.29 is 22.8 Å². The number of phenolic OH excluding ortho intramolecular Hbond substituents is 1. The first kappa shape index (κ1) is 19.9. The molecule has 8 nitrogen and oxygen atoms in total. The maximum Gasteiger partial charge on any atom is 0.245 e. The molecule has 0 aliphatic rings. The predicted molar refractivity (Wildman–Crippen MR) is 95.2 cm³/mol. The van der Waals surface area contributed by atoms with Crippen LogP contribution in [0.25, 0.3) is 0 Å². The molecule has 0 radical (unpaired) electrons. The number of hydrogen-bond acceptors (Lipinski definition) is 6. The Morgan fingerprint density at radius 2 is 1.88 bits per heavy atom. The topological polar surface area (TPSA) is 122 Å². The molecule has 0 saturated carbocycles. The number of amides is 1. The smallest absolute Gasteiger partial charge is 0.245 e. The van der Waals surface area contributed by atoms with Gasteiger partial charge < -0.3 is 14.9 Å². The van der Waals surface area contributed by atoms with Gasteiger partial charge in [0.05, 0.1) is 0 Å². The molecule has 0 atom stereocenters. The number of aromatic nitrogens is 1. The van der Waals surface area contributed by atoms with E-state index in [1.54, 1.807) is 19.1 Å². The summed E-state index contributed by atoms with van der Waals surface area (Å²) in [6.45, 7) is 3.56. The summed E-state index contributed by atoms with van der Waals surface area (Å²) in [7, 11) is -3.75. The van der Waals surface area contributed by atoms with E-state index in [4.69, 9.17) is 4.52 Å². The highest BCUT2D eigenvalue weighted by molar-refractivity contribution is 7.89. The van der Waals surface area contributed by atoms with E-state index in [1.807, 2.05) is 12.1 Å².